The van der Waals surface area contributed by atoms with Gasteiger partial charge in [-0.15, -0.1) is 0 Å². The van der Waals surface area contributed by atoms with Gasteiger partial charge in [0, 0.05) is 11.0 Å². The quantitative estimate of drug-likeness (QED) is 0.555. The zero-order valence-corrected chi connectivity index (χ0v) is 16.6. The van der Waals surface area contributed by atoms with Crippen molar-refractivity contribution in [2.45, 2.75) is 45.5 Å². The molecule has 0 aliphatic carbocycles. The first-order valence-corrected chi connectivity index (χ1v) is 9.45. The molecule has 1 aromatic heterocycles. The van der Waals surface area contributed by atoms with Gasteiger partial charge in [-0.05, 0) is 44.7 Å². The molecule has 6 heteroatoms. The van der Waals surface area contributed by atoms with Gasteiger partial charge in [0.05, 0.1) is 11.2 Å². The Balaban J connectivity index is 1.58. The molecule has 1 fully saturated rings. The van der Waals surface area contributed by atoms with Crippen molar-refractivity contribution >= 4 is 29.5 Å². The van der Waals surface area contributed by atoms with Crippen LogP contribution in [0.15, 0.2) is 54.6 Å². The lowest BCUT2D eigenvalue weighted by Crippen LogP contribution is -2.41. The van der Waals surface area contributed by atoms with Gasteiger partial charge >= 0.3 is 13.1 Å². The number of H-pyrrole nitrogens is 1. The van der Waals surface area contributed by atoms with Crippen LogP contribution in [0.4, 0.5) is 0 Å². The van der Waals surface area contributed by atoms with Gasteiger partial charge in [0.25, 0.3) is 0 Å². The molecule has 0 saturated carbocycles. The monoisotopic (exact) mass is 377 g/mol. The fraction of sp³-hybridized carbons (Fsp3) is 0.318. The first kappa shape index (κ1) is 18.8. The molecule has 2 heterocycles. The molecule has 1 aliphatic heterocycles. The third-order valence-corrected chi connectivity index (χ3v) is 5.63. The van der Waals surface area contributed by atoms with Crippen LogP contribution in [-0.4, -0.2) is 29.3 Å². The maximum Gasteiger partial charge on any atom is 0.497 e. The van der Waals surface area contributed by atoms with E-state index in [1.165, 1.54) is 0 Å². The third-order valence-electron chi connectivity index (χ3n) is 5.63. The summed E-state index contributed by atoms with van der Waals surface area (Å²) < 4.78 is 17.8. The van der Waals surface area contributed by atoms with Crippen LogP contribution in [-0.2, 0) is 20.7 Å². The Kier molecular flexibility index (Phi) is 4.56. The average molecular weight is 377 g/mol. The maximum atomic E-state index is 12.5. The van der Waals surface area contributed by atoms with Crippen molar-refractivity contribution in [3.05, 3.63) is 65.9 Å². The summed E-state index contributed by atoms with van der Waals surface area (Å²) in [6.07, 6.45) is 0. The molecular weight excluding hydrogens is 353 g/mol. The van der Waals surface area contributed by atoms with Gasteiger partial charge in [-0.2, -0.15) is 0 Å². The molecule has 1 aliphatic rings. The summed E-state index contributed by atoms with van der Waals surface area (Å²) >= 11 is 0. The fourth-order valence-corrected chi connectivity index (χ4v) is 3.26. The van der Waals surface area contributed by atoms with Crippen LogP contribution in [0.1, 0.15) is 43.7 Å². The van der Waals surface area contributed by atoms with Crippen molar-refractivity contribution in [3.63, 3.8) is 0 Å². The van der Waals surface area contributed by atoms with Crippen LogP contribution in [0.3, 0.4) is 0 Å². The van der Waals surface area contributed by atoms with E-state index in [1.54, 1.807) is 6.07 Å². The molecule has 0 bridgehead atoms. The molecule has 0 unspecified atom stereocenters. The topological polar surface area (TPSA) is 60.5 Å². The second-order valence-electron chi connectivity index (χ2n) is 8.14. The lowest BCUT2D eigenvalue weighted by atomic mass is 9.78. The van der Waals surface area contributed by atoms with E-state index in [1.807, 2.05) is 76.2 Å². The van der Waals surface area contributed by atoms with Crippen LogP contribution in [0.2, 0.25) is 0 Å². The van der Waals surface area contributed by atoms with E-state index in [0.717, 1.165) is 21.9 Å². The second-order valence-corrected chi connectivity index (χ2v) is 8.14. The molecule has 4 rings (SSSR count). The molecule has 144 valence electrons. The van der Waals surface area contributed by atoms with Crippen LogP contribution in [0.5, 0.6) is 0 Å². The Morgan fingerprint density at radius 3 is 2.36 bits per heavy atom. The van der Waals surface area contributed by atoms with Crippen molar-refractivity contribution in [3.8, 4) is 0 Å². The van der Waals surface area contributed by atoms with Crippen molar-refractivity contribution in [1.29, 1.82) is 0 Å². The lowest BCUT2D eigenvalue weighted by molar-refractivity contribution is 0.00578. The summed E-state index contributed by atoms with van der Waals surface area (Å²) in [6.45, 7) is 8.32. The molecule has 3 aromatic rings. The molecule has 28 heavy (non-hydrogen) atoms. The number of esters is 1. The fourth-order valence-electron chi connectivity index (χ4n) is 3.26. The Labute approximate surface area is 165 Å². The highest BCUT2D eigenvalue weighted by Crippen LogP contribution is 2.37. The average Bonchev–Trinajstić information content (AvgIpc) is 3.18. The standard InChI is InChI=1S/C22H24BNO4/c1-21(2)22(3,4)28-23(27-21)17-12-8-11-16-13-18(24-19(16)17)20(25)26-14-15-9-6-5-7-10-15/h5-13,24H,14H2,1-4H3. The smallest absolute Gasteiger partial charge is 0.456 e. The number of para-hydroxylation sites is 1. The Morgan fingerprint density at radius 1 is 1.00 bits per heavy atom. The molecule has 1 N–H and O–H groups in total. The molecular formula is C22H24BNO4. The normalized spacial score (nSPS) is 17.8. The number of aromatic nitrogens is 1. The Morgan fingerprint density at radius 2 is 1.68 bits per heavy atom. The predicted molar refractivity (Wildman–Crippen MR) is 110 cm³/mol. The zero-order chi connectivity index (χ0) is 19.9. The number of benzene rings is 2. The number of fused-ring (bicyclic) bond motifs is 1. The highest BCUT2D eigenvalue weighted by molar-refractivity contribution is 6.65. The van der Waals surface area contributed by atoms with E-state index in [9.17, 15) is 4.79 Å². The number of carbonyl (C=O) groups excluding carboxylic acids is 1. The zero-order valence-electron chi connectivity index (χ0n) is 16.6. The SMILES string of the molecule is CC1(C)OB(c2cccc3cc(C(=O)OCc4ccccc4)[nH]c23)OC1(C)C. The largest absolute Gasteiger partial charge is 0.497 e. The predicted octanol–water partition coefficient (Wildman–Crippen LogP) is 3.82. The summed E-state index contributed by atoms with van der Waals surface area (Å²) in [4.78, 5) is 15.7. The van der Waals surface area contributed by atoms with Gasteiger partial charge < -0.3 is 19.0 Å². The van der Waals surface area contributed by atoms with Crippen LogP contribution < -0.4 is 5.46 Å². The van der Waals surface area contributed by atoms with Gasteiger partial charge in [-0.1, -0.05) is 48.5 Å². The van der Waals surface area contributed by atoms with Crippen molar-refractivity contribution in [2.24, 2.45) is 0 Å². The molecule has 1 saturated heterocycles. The number of hydrogen-bond donors (Lipinski definition) is 1. The lowest BCUT2D eigenvalue weighted by Gasteiger charge is -2.32. The van der Waals surface area contributed by atoms with E-state index in [4.69, 9.17) is 14.0 Å². The molecule has 0 amide bonds. The van der Waals surface area contributed by atoms with E-state index in [2.05, 4.69) is 4.98 Å². The van der Waals surface area contributed by atoms with Crippen LogP contribution in [0, 0.1) is 0 Å². The van der Waals surface area contributed by atoms with E-state index in [0.29, 0.717) is 5.69 Å². The highest BCUT2D eigenvalue weighted by atomic mass is 16.7. The number of nitrogens with one attached hydrogen (secondary N) is 1. The van der Waals surface area contributed by atoms with Gasteiger partial charge in [0.1, 0.15) is 12.3 Å². The molecule has 0 radical (unpaired) electrons. The van der Waals surface area contributed by atoms with Gasteiger partial charge in [0.15, 0.2) is 0 Å². The number of rotatable bonds is 4. The molecule has 0 spiro atoms. The van der Waals surface area contributed by atoms with Crippen molar-refractivity contribution in [2.75, 3.05) is 0 Å². The first-order chi connectivity index (χ1) is 13.3. The van der Waals surface area contributed by atoms with Crippen molar-refractivity contribution < 1.29 is 18.8 Å². The van der Waals surface area contributed by atoms with Gasteiger partial charge in [-0.25, -0.2) is 4.79 Å². The number of carbonyl (C=O) groups is 1. The minimum absolute atomic E-state index is 0.235. The summed E-state index contributed by atoms with van der Waals surface area (Å²) in [5, 5.41) is 0.916. The minimum Gasteiger partial charge on any atom is -0.456 e. The summed E-state index contributed by atoms with van der Waals surface area (Å²) in [6, 6.07) is 17.3. The number of ether oxygens (including phenoxy) is 1. The molecule has 0 atom stereocenters. The van der Waals surface area contributed by atoms with Crippen LogP contribution >= 0.6 is 0 Å². The van der Waals surface area contributed by atoms with E-state index < -0.39 is 18.3 Å². The number of hydrogen-bond acceptors (Lipinski definition) is 4. The molecule has 5 nitrogen and oxygen atoms in total. The van der Waals surface area contributed by atoms with E-state index >= 15 is 0 Å². The van der Waals surface area contributed by atoms with Gasteiger partial charge in [-0.3, -0.25) is 0 Å². The Hall–Kier alpha value is -2.57. The van der Waals surface area contributed by atoms with Gasteiger partial charge in [0.2, 0.25) is 0 Å². The summed E-state index contributed by atoms with van der Waals surface area (Å²) in [5.74, 6) is -0.389. The minimum atomic E-state index is -0.500. The Bertz CT molecular complexity index is 994. The third kappa shape index (κ3) is 3.34. The second kappa shape index (κ2) is 6.80. The van der Waals surface area contributed by atoms with Crippen molar-refractivity contribution in [1.82, 2.24) is 4.98 Å². The van der Waals surface area contributed by atoms with Crippen LogP contribution in [0.25, 0.3) is 10.9 Å². The highest BCUT2D eigenvalue weighted by Gasteiger charge is 2.52. The summed E-state index contributed by atoms with van der Waals surface area (Å²) in [7, 11) is -0.500. The molecule has 2 aromatic carbocycles. The number of aromatic amines is 1. The first-order valence-electron chi connectivity index (χ1n) is 9.45. The summed E-state index contributed by atoms with van der Waals surface area (Å²) in [5.41, 5.74) is 2.21. The maximum absolute atomic E-state index is 12.5. The van der Waals surface area contributed by atoms with E-state index in [-0.39, 0.29) is 12.6 Å².